The molecule has 3 atom stereocenters. The zero-order valence-corrected chi connectivity index (χ0v) is 8.08. The van der Waals surface area contributed by atoms with E-state index in [9.17, 15) is 4.79 Å². The first-order valence-electron chi connectivity index (χ1n) is 4.59. The van der Waals surface area contributed by atoms with E-state index in [4.69, 9.17) is 5.73 Å². The number of nitrogens with two attached hydrogens (primary N) is 1. The van der Waals surface area contributed by atoms with Crippen LogP contribution in [0.25, 0.3) is 0 Å². The number of nitrogens with zero attached hydrogens (tertiary/aromatic N) is 1. The van der Waals surface area contributed by atoms with Crippen molar-refractivity contribution in [2.75, 3.05) is 6.54 Å². The standard InChI is InChI=1S/C9H18N2O/c1-6-4-5-11(7(6)2)8(3)9(10)12/h6-8H,4-5H2,1-3H3,(H2,10,12). The number of rotatable bonds is 2. The van der Waals surface area contributed by atoms with Gasteiger partial charge in [0.15, 0.2) is 0 Å². The zero-order valence-electron chi connectivity index (χ0n) is 8.08. The summed E-state index contributed by atoms with van der Waals surface area (Å²) in [5.74, 6) is 0.475. The number of likely N-dealkylation sites (tertiary alicyclic amines) is 1. The molecule has 0 radical (unpaired) electrons. The molecule has 70 valence electrons. The molecule has 0 spiro atoms. The van der Waals surface area contributed by atoms with Crippen molar-refractivity contribution in [3.63, 3.8) is 0 Å². The van der Waals surface area contributed by atoms with E-state index in [1.165, 1.54) is 6.42 Å². The van der Waals surface area contributed by atoms with Crippen LogP contribution in [-0.2, 0) is 4.79 Å². The third-order valence-electron chi connectivity index (χ3n) is 3.10. The number of amides is 1. The van der Waals surface area contributed by atoms with Gasteiger partial charge in [0.25, 0.3) is 0 Å². The molecule has 0 aromatic carbocycles. The molecule has 3 heteroatoms. The molecule has 0 aromatic rings. The smallest absolute Gasteiger partial charge is 0.234 e. The summed E-state index contributed by atoms with van der Waals surface area (Å²) in [7, 11) is 0. The molecule has 1 amide bonds. The fraction of sp³-hybridized carbons (Fsp3) is 0.889. The fourth-order valence-corrected chi connectivity index (χ4v) is 1.83. The first-order valence-corrected chi connectivity index (χ1v) is 4.59. The Hall–Kier alpha value is -0.570. The first kappa shape index (κ1) is 9.52. The van der Waals surface area contributed by atoms with Gasteiger partial charge in [-0.25, -0.2) is 0 Å². The lowest BCUT2D eigenvalue weighted by Gasteiger charge is -2.27. The second-order valence-corrected chi connectivity index (χ2v) is 3.82. The first-order chi connectivity index (χ1) is 5.54. The van der Waals surface area contributed by atoms with E-state index in [1.54, 1.807) is 0 Å². The predicted octanol–water partition coefficient (Wildman–Crippen LogP) is 0.591. The van der Waals surface area contributed by atoms with Gasteiger partial charge in [0.2, 0.25) is 5.91 Å². The summed E-state index contributed by atoms with van der Waals surface area (Å²) < 4.78 is 0. The Morgan fingerprint density at radius 3 is 2.50 bits per heavy atom. The van der Waals surface area contributed by atoms with Gasteiger partial charge in [-0.15, -0.1) is 0 Å². The van der Waals surface area contributed by atoms with Crippen LogP contribution >= 0.6 is 0 Å². The quantitative estimate of drug-likeness (QED) is 0.659. The van der Waals surface area contributed by atoms with E-state index in [2.05, 4.69) is 18.7 Å². The lowest BCUT2D eigenvalue weighted by atomic mass is 10.0. The Morgan fingerprint density at radius 1 is 1.58 bits per heavy atom. The summed E-state index contributed by atoms with van der Waals surface area (Å²) in [5.41, 5.74) is 5.24. The molecule has 1 aliphatic heterocycles. The maximum atomic E-state index is 10.9. The lowest BCUT2D eigenvalue weighted by molar-refractivity contribution is -0.123. The highest BCUT2D eigenvalue weighted by Gasteiger charge is 2.32. The van der Waals surface area contributed by atoms with Crippen molar-refractivity contribution in [1.82, 2.24) is 4.90 Å². The number of hydrogen-bond donors (Lipinski definition) is 1. The van der Waals surface area contributed by atoms with E-state index in [-0.39, 0.29) is 11.9 Å². The molecule has 0 aromatic heterocycles. The Morgan fingerprint density at radius 2 is 2.17 bits per heavy atom. The average molecular weight is 170 g/mol. The molecule has 1 aliphatic rings. The number of primary amides is 1. The summed E-state index contributed by atoms with van der Waals surface area (Å²) in [6.07, 6.45) is 1.18. The number of carbonyl (C=O) groups is 1. The summed E-state index contributed by atoms with van der Waals surface area (Å²) in [6, 6.07) is 0.387. The third kappa shape index (κ3) is 1.61. The molecule has 1 fully saturated rings. The highest BCUT2D eigenvalue weighted by Crippen LogP contribution is 2.24. The Labute approximate surface area is 73.9 Å². The van der Waals surface area contributed by atoms with Gasteiger partial charge < -0.3 is 5.73 Å². The number of hydrogen-bond acceptors (Lipinski definition) is 2. The van der Waals surface area contributed by atoms with E-state index < -0.39 is 0 Å². The molecule has 1 rings (SSSR count). The van der Waals surface area contributed by atoms with Crippen LogP contribution in [0.3, 0.4) is 0 Å². The van der Waals surface area contributed by atoms with Gasteiger partial charge in [-0.2, -0.15) is 0 Å². The monoisotopic (exact) mass is 170 g/mol. The van der Waals surface area contributed by atoms with E-state index in [0.717, 1.165) is 6.54 Å². The van der Waals surface area contributed by atoms with Crippen molar-refractivity contribution in [2.24, 2.45) is 11.7 Å². The van der Waals surface area contributed by atoms with Crippen molar-refractivity contribution in [3.05, 3.63) is 0 Å². The summed E-state index contributed by atoms with van der Waals surface area (Å²) >= 11 is 0. The largest absolute Gasteiger partial charge is 0.368 e. The zero-order chi connectivity index (χ0) is 9.30. The summed E-state index contributed by atoms with van der Waals surface area (Å²) in [4.78, 5) is 13.1. The molecule has 2 N–H and O–H groups in total. The molecule has 0 aliphatic carbocycles. The van der Waals surface area contributed by atoms with Gasteiger partial charge in [-0.05, 0) is 32.7 Å². The van der Waals surface area contributed by atoms with Crippen molar-refractivity contribution in [3.8, 4) is 0 Å². The molecule has 12 heavy (non-hydrogen) atoms. The lowest BCUT2D eigenvalue weighted by Crippen LogP contribution is -2.45. The van der Waals surface area contributed by atoms with Gasteiger partial charge in [-0.3, -0.25) is 9.69 Å². The van der Waals surface area contributed by atoms with Crippen LogP contribution in [0.2, 0.25) is 0 Å². The second kappa shape index (κ2) is 3.44. The van der Waals surface area contributed by atoms with Gasteiger partial charge in [0.1, 0.15) is 0 Å². The van der Waals surface area contributed by atoms with Crippen LogP contribution in [-0.4, -0.2) is 29.4 Å². The molecular formula is C9H18N2O. The molecule has 3 unspecified atom stereocenters. The van der Waals surface area contributed by atoms with Crippen LogP contribution in [0.4, 0.5) is 0 Å². The van der Waals surface area contributed by atoms with Crippen molar-refractivity contribution >= 4 is 5.91 Å². The van der Waals surface area contributed by atoms with E-state index in [1.807, 2.05) is 6.92 Å². The van der Waals surface area contributed by atoms with Crippen LogP contribution in [0.5, 0.6) is 0 Å². The summed E-state index contributed by atoms with van der Waals surface area (Å²) in [6.45, 7) is 7.28. The minimum absolute atomic E-state index is 0.107. The van der Waals surface area contributed by atoms with Crippen LogP contribution in [0.15, 0.2) is 0 Å². The highest BCUT2D eigenvalue weighted by atomic mass is 16.1. The minimum atomic E-state index is -0.212. The maximum absolute atomic E-state index is 10.9. The molecule has 0 bridgehead atoms. The van der Waals surface area contributed by atoms with Gasteiger partial charge >= 0.3 is 0 Å². The van der Waals surface area contributed by atoms with Crippen LogP contribution in [0.1, 0.15) is 27.2 Å². The predicted molar refractivity (Wildman–Crippen MR) is 48.6 cm³/mol. The van der Waals surface area contributed by atoms with Crippen molar-refractivity contribution in [1.29, 1.82) is 0 Å². The molecule has 3 nitrogen and oxygen atoms in total. The van der Waals surface area contributed by atoms with Gasteiger partial charge in [0.05, 0.1) is 6.04 Å². The Balaban J connectivity index is 2.59. The molecular weight excluding hydrogens is 152 g/mol. The Kier molecular flexibility index (Phi) is 2.73. The Bertz CT molecular complexity index is 181. The van der Waals surface area contributed by atoms with Gasteiger partial charge in [0, 0.05) is 6.04 Å². The normalized spacial score (nSPS) is 33.6. The minimum Gasteiger partial charge on any atom is -0.368 e. The van der Waals surface area contributed by atoms with E-state index >= 15 is 0 Å². The topological polar surface area (TPSA) is 46.3 Å². The SMILES string of the molecule is CC1CCN(C(C)C(N)=O)C1C. The molecule has 1 heterocycles. The van der Waals surface area contributed by atoms with Crippen LogP contribution in [0, 0.1) is 5.92 Å². The highest BCUT2D eigenvalue weighted by molar-refractivity contribution is 5.79. The molecule has 0 saturated carbocycles. The van der Waals surface area contributed by atoms with Gasteiger partial charge in [-0.1, -0.05) is 6.92 Å². The third-order valence-corrected chi connectivity index (χ3v) is 3.10. The van der Waals surface area contributed by atoms with Crippen molar-refractivity contribution in [2.45, 2.75) is 39.3 Å². The van der Waals surface area contributed by atoms with Crippen LogP contribution < -0.4 is 5.73 Å². The summed E-state index contributed by atoms with van der Waals surface area (Å²) in [5, 5.41) is 0. The fourth-order valence-electron chi connectivity index (χ4n) is 1.83. The molecule has 1 saturated heterocycles. The van der Waals surface area contributed by atoms with E-state index in [0.29, 0.717) is 12.0 Å². The average Bonchev–Trinajstić information content (AvgIpc) is 2.32. The van der Waals surface area contributed by atoms with Crippen molar-refractivity contribution < 1.29 is 4.79 Å². The maximum Gasteiger partial charge on any atom is 0.234 e. The second-order valence-electron chi connectivity index (χ2n) is 3.82. The number of carbonyl (C=O) groups excluding carboxylic acids is 1.